The predicted molar refractivity (Wildman–Crippen MR) is 122 cm³/mol. The number of hydrogen-bond donors (Lipinski definition) is 0. The molecule has 188 valence electrons. The van der Waals surface area contributed by atoms with Gasteiger partial charge in [-0.3, -0.25) is 9.48 Å². The van der Waals surface area contributed by atoms with E-state index < -0.39 is 21.7 Å². The normalized spacial score (nSPS) is 19.0. The number of carbonyl (C=O) groups is 1. The molecule has 0 unspecified atom stereocenters. The van der Waals surface area contributed by atoms with Crippen LogP contribution in [0.5, 0.6) is 0 Å². The lowest BCUT2D eigenvalue weighted by Gasteiger charge is -2.31. The first-order valence-corrected chi connectivity index (χ1v) is 14.2. The third-order valence-electron chi connectivity index (χ3n) is 6.73. The zero-order chi connectivity index (χ0) is 24.5. The van der Waals surface area contributed by atoms with Crippen LogP contribution in [0.25, 0.3) is 0 Å². The number of alkyl halides is 3. The van der Waals surface area contributed by atoms with E-state index in [1.54, 1.807) is 4.90 Å². The maximum Gasteiger partial charge on any atom is 0.435 e. The summed E-state index contributed by atoms with van der Waals surface area (Å²) in [6.45, 7) is 2.22. The van der Waals surface area contributed by atoms with Crippen LogP contribution in [0.3, 0.4) is 0 Å². The summed E-state index contributed by atoms with van der Waals surface area (Å²) in [5.74, 6) is -0.144. The van der Waals surface area contributed by atoms with E-state index in [2.05, 4.69) is 10.1 Å². The average molecular weight is 519 g/mol. The number of sulfone groups is 1. The Balaban J connectivity index is 1.31. The molecule has 4 rings (SSSR count). The number of carbonyl (C=O) groups excluding carboxylic acids is 1. The van der Waals surface area contributed by atoms with E-state index in [9.17, 15) is 26.4 Å². The van der Waals surface area contributed by atoms with Crippen LogP contribution in [0.2, 0.25) is 0 Å². The van der Waals surface area contributed by atoms with E-state index in [-0.39, 0.29) is 35.1 Å². The Labute approximate surface area is 201 Å². The van der Waals surface area contributed by atoms with Gasteiger partial charge in [0.1, 0.15) is 6.54 Å². The van der Waals surface area contributed by atoms with Crippen molar-refractivity contribution >= 4 is 27.1 Å². The Morgan fingerprint density at radius 1 is 1.15 bits per heavy atom. The van der Waals surface area contributed by atoms with Crippen molar-refractivity contribution in [1.29, 1.82) is 0 Å². The van der Waals surface area contributed by atoms with Gasteiger partial charge in [0.25, 0.3) is 0 Å². The number of thiazole rings is 1. The third kappa shape index (κ3) is 5.81. The summed E-state index contributed by atoms with van der Waals surface area (Å²) in [6, 6.07) is 0.939. The number of aromatic nitrogens is 3. The van der Waals surface area contributed by atoms with Gasteiger partial charge < -0.3 is 4.90 Å². The maximum atomic E-state index is 12.9. The van der Waals surface area contributed by atoms with Gasteiger partial charge in [-0.05, 0) is 38.7 Å². The number of aryl methyl sites for hydroxylation is 1. The molecule has 3 heterocycles. The van der Waals surface area contributed by atoms with E-state index >= 15 is 0 Å². The minimum atomic E-state index is -4.54. The summed E-state index contributed by atoms with van der Waals surface area (Å²) in [7, 11) is -3.20. The largest absolute Gasteiger partial charge is 0.435 e. The van der Waals surface area contributed by atoms with E-state index in [0.717, 1.165) is 47.9 Å². The fourth-order valence-electron chi connectivity index (χ4n) is 4.74. The molecule has 7 nitrogen and oxygen atoms in total. The molecule has 1 aliphatic carbocycles. The molecule has 0 radical (unpaired) electrons. The molecule has 0 aromatic carbocycles. The first-order chi connectivity index (χ1) is 16.0. The fourth-order valence-corrected chi connectivity index (χ4v) is 7.68. The van der Waals surface area contributed by atoms with Crippen molar-refractivity contribution in [2.45, 2.75) is 81.5 Å². The van der Waals surface area contributed by atoms with Crippen LogP contribution in [0.1, 0.15) is 73.0 Å². The van der Waals surface area contributed by atoms with Crippen molar-refractivity contribution in [2.75, 3.05) is 13.1 Å². The standard InChI is InChI=1S/C22H29F3N4O3S2/c1-15-11-19(22(23,24)25)27-29(15)12-20(30)28-9-7-16(8-10-28)21-26-17(13-33-21)14-34(31,32)18-5-3-2-4-6-18/h11,13,16,18H,2-10,12,14H2,1H3. The van der Waals surface area contributed by atoms with Gasteiger partial charge >= 0.3 is 6.18 Å². The van der Waals surface area contributed by atoms with Crippen molar-refractivity contribution in [3.05, 3.63) is 33.5 Å². The monoisotopic (exact) mass is 518 g/mol. The highest BCUT2D eigenvalue weighted by atomic mass is 32.2. The molecule has 2 aliphatic rings. The molecular weight excluding hydrogens is 489 g/mol. The van der Waals surface area contributed by atoms with Crippen LogP contribution >= 0.6 is 11.3 Å². The van der Waals surface area contributed by atoms with Crippen molar-refractivity contribution in [1.82, 2.24) is 19.7 Å². The van der Waals surface area contributed by atoms with Crippen molar-refractivity contribution in [3.63, 3.8) is 0 Å². The summed E-state index contributed by atoms with van der Waals surface area (Å²) >= 11 is 1.46. The number of hydrogen-bond acceptors (Lipinski definition) is 6. The molecule has 0 bridgehead atoms. The first-order valence-electron chi connectivity index (χ1n) is 11.6. The molecule has 2 aromatic rings. The minimum absolute atomic E-state index is 0.0192. The summed E-state index contributed by atoms with van der Waals surface area (Å²) < 4.78 is 65.1. The van der Waals surface area contributed by atoms with Gasteiger partial charge in [0.05, 0.1) is 21.7 Å². The van der Waals surface area contributed by atoms with Gasteiger partial charge in [0.2, 0.25) is 5.91 Å². The molecule has 2 aromatic heterocycles. The second-order valence-corrected chi connectivity index (χ2v) is 12.4. The van der Waals surface area contributed by atoms with Crippen LogP contribution in [0.4, 0.5) is 13.2 Å². The van der Waals surface area contributed by atoms with E-state index in [1.165, 1.54) is 18.3 Å². The second kappa shape index (κ2) is 9.96. The SMILES string of the molecule is Cc1cc(C(F)(F)F)nn1CC(=O)N1CCC(c2nc(CS(=O)(=O)C3CCCCC3)cs2)CC1. The third-order valence-corrected chi connectivity index (χ3v) is 9.97. The van der Waals surface area contributed by atoms with Gasteiger partial charge in [-0.15, -0.1) is 11.3 Å². The van der Waals surface area contributed by atoms with Crippen molar-refractivity contribution < 1.29 is 26.4 Å². The Morgan fingerprint density at radius 2 is 1.82 bits per heavy atom. The van der Waals surface area contributed by atoms with Crippen molar-refractivity contribution in [2.24, 2.45) is 0 Å². The van der Waals surface area contributed by atoms with Gasteiger partial charge in [-0.1, -0.05) is 19.3 Å². The highest BCUT2D eigenvalue weighted by Crippen LogP contribution is 2.32. The molecule has 2 fully saturated rings. The topological polar surface area (TPSA) is 85.2 Å². The molecule has 1 saturated carbocycles. The molecule has 1 saturated heterocycles. The maximum absolute atomic E-state index is 12.9. The van der Waals surface area contributed by atoms with Gasteiger partial charge in [-0.25, -0.2) is 13.4 Å². The smallest absolute Gasteiger partial charge is 0.341 e. The molecule has 0 spiro atoms. The molecular formula is C22H29F3N4O3S2. The quantitative estimate of drug-likeness (QED) is 0.569. The zero-order valence-electron chi connectivity index (χ0n) is 19.1. The summed E-state index contributed by atoms with van der Waals surface area (Å²) in [4.78, 5) is 18.9. The highest BCUT2D eigenvalue weighted by molar-refractivity contribution is 7.91. The van der Waals surface area contributed by atoms with E-state index in [4.69, 9.17) is 0 Å². The molecule has 12 heteroatoms. The number of halogens is 3. The lowest BCUT2D eigenvalue weighted by Crippen LogP contribution is -2.40. The van der Waals surface area contributed by atoms with Crippen LogP contribution in [-0.4, -0.2) is 52.3 Å². The van der Waals surface area contributed by atoms with Crippen LogP contribution in [0.15, 0.2) is 11.4 Å². The Morgan fingerprint density at radius 3 is 2.44 bits per heavy atom. The van der Waals surface area contributed by atoms with Crippen LogP contribution in [0, 0.1) is 6.92 Å². The fraction of sp³-hybridized carbons (Fsp3) is 0.682. The average Bonchev–Trinajstić information content (AvgIpc) is 3.41. The van der Waals surface area contributed by atoms with Gasteiger partial charge in [0, 0.05) is 30.1 Å². The molecule has 1 amide bonds. The lowest BCUT2D eigenvalue weighted by molar-refractivity contribution is -0.142. The van der Waals surface area contributed by atoms with Crippen molar-refractivity contribution in [3.8, 4) is 0 Å². The second-order valence-electron chi connectivity index (χ2n) is 9.23. The summed E-state index contributed by atoms with van der Waals surface area (Å²) in [5, 5.41) is 5.99. The lowest BCUT2D eigenvalue weighted by atomic mass is 9.97. The van der Waals surface area contributed by atoms with Crippen LogP contribution < -0.4 is 0 Å². The number of amides is 1. The minimum Gasteiger partial charge on any atom is -0.341 e. The highest BCUT2D eigenvalue weighted by Gasteiger charge is 2.35. The van der Waals surface area contributed by atoms with Crippen LogP contribution in [-0.2, 0) is 33.1 Å². The molecule has 0 N–H and O–H groups in total. The Kier molecular flexibility index (Phi) is 7.37. The summed E-state index contributed by atoms with van der Waals surface area (Å²) in [6.07, 6.45) is 1.33. The first kappa shape index (κ1) is 25.2. The number of piperidine rings is 1. The molecule has 34 heavy (non-hydrogen) atoms. The van der Waals surface area contributed by atoms with E-state index in [1.807, 2.05) is 5.38 Å². The number of rotatable bonds is 6. The summed E-state index contributed by atoms with van der Waals surface area (Å²) in [5.41, 5.74) is -0.116. The Bertz CT molecular complexity index is 1110. The molecule has 1 aliphatic heterocycles. The van der Waals surface area contributed by atoms with Gasteiger partial charge in [0.15, 0.2) is 15.5 Å². The van der Waals surface area contributed by atoms with Gasteiger partial charge in [-0.2, -0.15) is 18.3 Å². The number of likely N-dealkylation sites (tertiary alicyclic amines) is 1. The van der Waals surface area contributed by atoms with E-state index in [0.29, 0.717) is 31.6 Å². The predicted octanol–water partition coefficient (Wildman–Crippen LogP) is 4.32. The zero-order valence-corrected chi connectivity index (χ0v) is 20.7. The molecule has 0 atom stereocenters. The Hall–Kier alpha value is -1.95. The number of nitrogens with zero attached hydrogens (tertiary/aromatic N) is 4.